The molecule has 1 aromatic carbocycles. The minimum absolute atomic E-state index is 0.0492. The minimum Gasteiger partial charge on any atom is -0.291 e. The molecule has 94 valence electrons. The van der Waals surface area contributed by atoms with Crippen molar-refractivity contribution in [2.75, 3.05) is 5.75 Å². The van der Waals surface area contributed by atoms with Crippen molar-refractivity contribution in [2.45, 2.75) is 11.6 Å². The summed E-state index contributed by atoms with van der Waals surface area (Å²) in [6.45, 7) is 1.42. The Labute approximate surface area is 115 Å². The van der Waals surface area contributed by atoms with E-state index in [0.717, 1.165) is 0 Å². The molecule has 1 aromatic rings. The smallest absolute Gasteiger partial charge is 0.197 e. The lowest BCUT2D eigenvalue weighted by molar-refractivity contribution is 0.101. The number of hydrogen-bond donors (Lipinski definition) is 0. The predicted molar refractivity (Wildman–Crippen MR) is 69.9 cm³/mol. The summed E-state index contributed by atoms with van der Waals surface area (Å²) >= 11 is 17.1. The highest BCUT2D eigenvalue weighted by atomic mass is 35.5. The standard InChI is InChI=1S/C10H9Cl3O3S/c1-2-17(15,16)10(13)9(14)7-4-3-6(11)5-8(7)12/h3-5,10H,2H2,1H3. The van der Waals surface area contributed by atoms with E-state index in [-0.39, 0.29) is 16.3 Å². The second-order valence-electron chi connectivity index (χ2n) is 3.26. The van der Waals surface area contributed by atoms with Crippen LogP contribution >= 0.6 is 34.8 Å². The predicted octanol–water partition coefficient (Wildman–Crippen LogP) is 3.18. The van der Waals surface area contributed by atoms with Gasteiger partial charge in [-0.1, -0.05) is 41.7 Å². The first-order chi connectivity index (χ1) is 7.79. The quantitative estimate of drug-likeness (QED) is 0.633. The summed E-state index contributed by atoms with van der Waals surface area (Å²) in [5.41, 5.74) is 0.0492. The van der Waals surface area contributed by atoms with E-state index in [9.17, 15) is 13.2 Å². The fourth-order valence-corrected chi connectivity index (χ4v) is 2.86. The average molecular weight is 316 g/mol. The number of rotatable bonds is 4. The number of hydrogen-bond acceptors (Lipinski definition) is 3. The van der Waals surface area contributed by atoms with Gasteiger partial charge in [-0.25, -0.2) is 8.42 Å². The van der Waals surface area contributed by atoms with E-state index in [0.29, 0.717) is 5.02 Å². The van der Waals surface area contributed by atoms with Crippen molar-refractivity contribution in [3.05, 3.63) is 33.8 Å². The molecule has 7 heteroatoms. The highest BCUT2D eigenvalue weighted by Gasteiger charge is 2.30. The van der Waals surface area contributed by atoms with Crippen LogP contribution in [0.3, 0.4) is 0 Å². The summed E-state index contributed by atoms with van der Waals surface area (Å²) in [6, 6.07) is 4.16. The topological polar surface area (TPSA) is 51.2 Å². The summed E-state index contributed by atoms with van der Waals surface area (Å²) in [5, 5.41) is 0.440. The molecule has 0 saturated carbocycles. The van der Waals surface area contributed by atoms with Gasteiger partial charge in [0.1, 0.15) is 0 Å². The van der Waals surface area contributed by atoms with Crippen LogP contribution in [0.4, 0.5) is 0 Å². The van der Waals surface area contributed by atoms with Crippen LogP contribution < -0.4 is 0 Å². The first-order valence-corrected chi connectivity index (χ1v) is 7.55. The second kappa shape index (κ2) is 5.57. The van der Waals surface area contributed by atoms with Crippen molar-refractivity contribution in [3.63, 3.8) is 0 Å². The molecule has 0 aliphatic heterocycles. The monoisotopic (exact) mass is 314 g/mol. The third-order valence-electron chi connectivity index (χ3n) is 2.12. The van der Waals surface area contributed by atoms with Crippen molar-refractivity contribution in [2.24, 2.45) is 0 Å². The van der Waals surface area contributed by atoms with E-state index in [1.54, 1.807) is 0 Å². The van der Waals surface area contributed by atoms with E-state index >= 15 is 0 Å². The summed E-state index contributed by atoms with van der Waals surface area (Å²) in [5.74, 6) is -0.951. The van der Waals surface area contributed by atoms with Crippen LogP contribution in [0.15, 0.2) is 18.2 Å². The lowest BCUT2D eigenvalue weighted by atomic mass is 10.1. The fourth-order valence-electron chi connectivity index (χ4n) is 1.12. The maximum Gasteiger partial charge on any atom is 0.197 e. The first-order valence-electron chi connectivity index (χ1n) is 4.64. The zero-order chi connectivity index (χ0) is 13.2. The number of benzene rings is 1. The van der Waals surface area contributed by atoms with Gasteiger partial charge >= 0.3 is 0 Å². The molecule has 1 atom stereocenters. The summed E-state index contributed by atoms with van der Waals surface area (Å²) in [7, 11) is -3.65. The number of carbonyl (C=O) groups excluding carboxylic acids is 1. The summed E-state index contributed by atoms with van der Waals surface area (Å²) in [4.78, 5) is 11.8. The Balaban J connectivity index is 3.14. The van der Waals surface area contributed by atoms with E-state index in [2.05, 4.69) is 0 Å². The Hall–Kier alpha value is -0.290. The Morgan fingerprint density at radius 1 is 1.35 bits per heavy atom. The lowest BCUT2D eigenvalue weighted by Crippen LogP contribution is -2.26. The lowest BCUT2D eigenvalue weighted by Gasteiger charge is -2.09. The van der Waals surface area contributed by atoms with Gasteiger partial charge in [0, 0.05) is 16.3 Å². The Morgan fingerprint density at radius 2 is 1.94 bits per heavy atom. The highest BCUT2D eigenvalue weighted by Crippen LogP contribution is 2.24. The van der Waals surface area contributed by atoms with Crippen molar-refractivity contribution >= 4 is 50.4 Å². The number of alkyl halides is 1. The summed E-state index contributed by atoms with van der Waals surface area (Å²) in [6.07, 6.45) is 0. The minimum atomic E-state index is -3.65. The first kappa shape index (κ1) is 14.8. The van der Waals surface area contributed by atoms with Crippen molar-refractivity contribution in [1.29, 1.82) is 0 Å². The van der Waals surface area contributed by atoms with Crippen LogP contribution in [0.1, 0.15) is 17.3 Å². The van der Waals surface area contributed by atoms with E-state index < -0.39 is 20.3 Å². The molecule has 0 radical (unpaired) electrons. The molecular formula is C10H9Cl3O3S. The Morgan fingerprint density at radius 3 is 2.41 bits per heavy atom. The number of carbonyl (C=O) groups is 1. The zero-order valence-corrected chi connectivity index (χ0v) is 11.9. The maximum absolute atomic E-state index is 11.8. The normalized spacial score (nSPS) is 13.4. The third-order valence-corrected chi connectivity index (χ3v) is 5.33. The molecule has 0 aromatic heterocycles. The second-order valence-corrected chi connectivity index (χ2v) is 7.17. The van der Waals surface area contributed by atoms with Gasteiger partial charge < -0.3 is 0 Å². The maximum atomic E-state index is 11.8. The average Bonchev–Trinajstić information content (AvgIpc) is 2.27. The molecule has 17 heavy (non-hydrogen) atoms. The third kappa shape index (κ3) is 3.35. The van der Waals surface area contributed by atoms with Gasteiger partial charge in [-0.2, -0.15) is 0 Å². The van der Waals surface area contributed by atoms with E-state index in [1.165, 1.54) is 25.1 Å². The van der Waals surface area contributed by atoms with Crippen LogP contribution in [-0.2, 0) is 9.84 Å². The summed E-state index contributed by atoms with van der Waals surface area (Å²) < 4.78 is 21.3. The van der Waals surface area contributed by atoms with Crippen LogP contribution in [0.2, 0.25) is 10.0 Å². The molecule has 0 bridgehead atoms. The molecule has 0 spiro atoms. The molecule has 0 saturated heterocycles. The van der Waals surface area contributed by atoms with Crippen LogP contribution in [0.5, 0.6) is 0 Å². The number of ketones is 1. The van der Waals surface area contributed by atoms with E-state index in [4.69, 9.17) is 34.8 Å². The van der Waals surface area contributed by atoms with E-state index in [1.807, 2.05) is 0 Å². The highest BCUT2D eigenvalue weighted by molar-refractivity contribution is 7.94. The molecule has 0 aliphatic carbocycles. The zero-order valence-electron chi connectivity index (χ0n) is 8.78. The van der Waals surface area contributed by atoms with Crippen molar-refractivity contribution in [3.8, 4) is 0 Å². The van der Waals surface area contributed by atoms with Gasteiger partial charge in [-0.05, 0) is 18.2 Å². The van der Waals surface area contributed by atoms with Gasteiger partial charge in [0.15, 0.2) is 20.3 Å². The van der Waals surface area contributed by atoms with Gasteiger partial charge in [0.2, 0.25) is 0 Å². The molecule has 1 unspecified atom stereocenters. The van der Waals surface area contributed by atoms with Crippen molar-refractivity contribution in [1.82, 2.24) is 0 Å². The number of sulfone groups is 1. The van der Waals surface area contributed by atoms with Crippen LogP contribution in [-0.4, -0.2) is 24.7 Å². The van der Waals surface area contributed by atoms with Crippen LogP contribution in [0, 0.1) is 0 Å². The Bertz CT molecular complexity index is 540. The molecule has 0 fully saturated rings. The molecular weight excluding hydrogens is 307 g/mol. The molecule has 1 rings (SSSR count). The number of halogens is 3. The largest absolute Gasteiger partial charge is 0.291 e. The van der Waals surface area contributed by atoms with Crippen molar-refractivity contribution < 1.29 is 13.2 Å². The fraction of sp³-hybridized carbons (Fsp3) is 0.300. The molecule has 0 heterocycles. The van der Waals surface area contributed by atoms with Gasteiger partial charge in [-0.3, -0.25) is 4.79 Å². The molecule has 3 nitrogen and oxygen atoms in total. The van der Waals surface area contributed by atoms with Gasteiger partial charge in [-0.15, -0.1) is 0 Å². The van der Waals surface area contributed by atoms with Gasteiger partial charge in [0.25, 0.3) is 0 Å². The van der Waals surface area contributed by atoms with Gasteiger partial charge in [0.05, 0.1) is 5.02 Å². The Kier molecular flexibility index (Phi) is 4.84. The molecule has 0 aliphatic rings. The SMILES string of the molecule is CCS(=O)(=O)C(Cl)C(=O)c1ccc(Cl)cc1Cl. The molecule has 0 amide bonds. The van der Waals surface area contributed by atoms with Crippen LogP contribution in [0.25, 0.3) is 0 Å². The molecule has 0 N–H and O–H groups in total. The number of Topliss-reactive ketones (excluding diaryl/α,β-unsaturated/α-hetero) is 1.